The Hall–Kier alpha value is -3.22. The lowest BCUT2D eigenvalue weighted by Crippen LogP contribution is -2.54. The summed E-state index contributed by atoms with van der Waals surface area (Å²) in [5, 5.41) is 13.7. The second kappa shape index (κ2) is 4.64. The van der Waals surface area contributed by atoms with E-state index in [1.54, 1.807) is 12.1 Å². The van der Waals surface area contributed by atoms with E-state index in [0.717, 1.165) is 5.56 Å². The molecule has 0 atom stereocenters. The zero-order valence-electron chi connectivity index (χ0n) is 11.9. The first kappa shape index (κ1) is 13.4. The summed E-state index contributed by atoms with van der Waals surface area (Å²) in [6, 6.07) is 11.3. The maximum Gasteiger partial charge on any atom is 0.273 e. The van der Waals surface area contributed by atoms with Gasteiger partial charge >= 0.3 is 0 Å². The van der Waals surface area contributed by atoms with Gasteiger partial charge in [0, 0.05) is 23.3 Å². The maximum absolute atomic E-state index is 12.6. The van der Waals surface area contributed by atoms with E-state index >= 15 is 0 Å². The first-order valence-electron chi connectivity index (χ1n) is 7.05. The lowest BCUT2D eigenvalue weighted by molar-refractivity contribution is -0.385. The predicted molar refractivity (Wildman–Crippen MR) is 79.3 cm³/mol. The van der Waals surface area contributed by atoms with Crippen molar-refractivity contribution in [2.45, 2.75) is 13.1 Å². The Morgan fingerprint density at radius 1 is 0.870 bits per heavy atom. The van der Waals surface area contributed by atoms with Gasteiger partial charge in [-0.05, 0) is 23.3 Å². The van der Waals surface area contributed by atoms with Crippen LogP contribution in [0, 0.1) is 10.1 Å². The van der Waals surface area contributed by atoms with Crippen LogP contribution in [0.25, 0.3) is 0 Å². The highest BCUT2D eigenvalue weighted by Gasteiger charge is 2.39. The molecule has 0 radical (unpaired) electrons. The number of amides is 2. The molecule has 0 saturated carbocycles. The van der Waals surface area contributed by atoms with E-state index in [2.05, 4.69) is 0 Å². The van der Waals surface area contributed by atoms with Gasteiger partial charge in [-0.15, -0.1) is 0 Å². The van der Waals surface area contributed by atoms with E-state index in [9.17, 15) is 19.7 Å². The molecule has 0 spiro atoms. The first-order chi connectivity index (χ1) is 11.1. The van der Waals surface area contributed by atoms with Crippen LogP contribution in [-0.4, -0.2) is 26.8 Å². The molecule has 7 heteroatoms. The van der Waals surface area contributed by atoms with Gasteiger partial charge in [-0.3, -0.25) is 19.7 Å². The number of rotatable bonds is 1. The lowest BCUT2D eigenvalue weighted by atomic mass is 9.98. The quantitative estimate of drug-likeness (QED) is 0.596. The molecule has 23 heavy (non-hydrogen) atoms. The fraction of sp³-hybridized carbons (Fsp3) is 0.125. The van der Waals surface area contributed by atoms with Gasteiger partial charge in [0.2, 0.25) is 0 Å². The molecular formula is C16H11N3O4. The van der Waals surface area contributed by atoms with E-state index < -0.39 is 4.92 Å². The van der Waals surface area contributed by atoms with Crippen LogP contribution < -0.4 is 0 Å². The molecule has 2 aliphatic heterocycles. The number of hydrogen-bond donors (Lipinski definition) is 0. The molecule has 0 bridgehead atoms. The van der Waals surface area contributed by atoms with Gasteiger partial charge in [0.05, 0.1) is 18.0 Å². The molecule has 2 aliphatic rings. The smallest absolute Gasteiger partial charge is 0.267 e. The van der Waals surface area contributed by atoms with Crippen molar-refractivity contribution in [3.05, 3.63) is 74.8 Å². The van der Waals surface area contributed by atoms with Gasteiger partial charge in [0.1, 0.15) is 0 Å². The van der Waals surface area contributed by atoms with E-state index in [4.69, 9.17) is 0 Å². The number of hydrogen-bond acceptors (Lipinski definition) is 4. The van der Waals surface area contributed by atoms with Crippen molar-refractivity contribution in [2.24, 2.45) is 0 Å². The molecular weight excluding hydrogens is 298 g/mol. The molecule has 0 fully saturated rings. The number of carbonyl (C=O) groups excluding carboxylic acids is 2. The molecule has 2 heterocycles. The summed E-state index contributed by atoms with van der Waals surface area (Å²) in [5.74, 6) is -0.582. The standard InChI is InChI=1S/C16H11N3O4/c20-15-13-4-2-1-3-10(13)8-17-16(21)14-6-5-12(19(22)23)7-11(14)9-18(15)17/h1-7H,8-9H2. The highest BCUT2D eigenvalue weighted by Crippen LogP contribution is 2.32. The average molecular weight is 309 g/mol. The zero-order chi connectivity index (χ0) is 16.1. The number of hydrazine groups is 1. The third kappa shape index (κ3) is 1.90. The maximum atomic E-state index is 12.6. The monoisotopic (exact) mass is 309 g/mol. The minimum Gasteiger partial charge on any atom is -0.267 e. The molecule has 0 aliphatic carbocycles. The number of carbonyl (C=O) groups is 2. The topological polar surface area (TPSA) is 83.8 Å². The molecule has 0 saturated heterocycles. The Bertz CT molecular complexity index is 877. The van der Waals surface area contributed by atoms with Crippen molar-refractivity contribution in [3.8, 4) is 0 Å². The van der Waals surface area contributed by atoms with Gasteiger partial charge in [-0.25, -0.2) is 10.0 Å². The second-order valence-corrected chi connectivity index (χ2v) is 5.48. The molecule has 0 N–H and O–H groups in total. The lowest BCUT2D eigenvalue weighted by Gasteiger charge is -2.42. The van der Waals surface area contributed by atoms with Crippen molar-refractivity contribution in [2.75, 3.05) is 0 Å². The van der Waals surface area contributed by atoms with E-state index in [-0.39, 0.29) is 24.0 Å². The normalized spacial score (nSPS) is 15.8. The van der Waals surface area contributed by atoms with Crippen molar-refractivity contribution >= 4 is 17.5 Å². The van der Waals surface area contributed by atoms with Gasteiger partial charge in [-0.2, -0.15) is 0 Å². The van der Waals surface area contributed by atoms with Crippen molar-refractivity contribution < 1.29 is 14.5 Å². The summed E-state index contributed by atoms with van der Waals surface area (Å²) in [5.41, 5.74) is 2.17. The summed E-state index contributed by atoms with van der Waals surface area (Å²) in [6.45, 7) is 0.465. The average Bonchev–Trinajstić information content (AvgIpc) is 2.56. The summed E-state index contributed by atoms with van der Waals surface area (Å²) >= 11 is 0. The van der Waals surface area contributed by atoms with Crippen LogP contribution in [0.2, 0.25) is 0 Å². The third-order valence-corrected chi connectivity index (χ3v) is 4.18. The van der Waals surface area contributed by atoms with Crippen LogP contribution >= 0.6 is 0 Å². The number of non-ortho nitro benzene ring substituents is 1. The van der Waals surface area contributed by atoms with Crippen LogP contribution in [0.3, 0.4) is 0 Å². The Morgan fingerprint density at radius 2 is 1.48 bits per heavy atom. The van der Waals surface area contributed by atoms with Gasteiger partial charge in [-0.1, -0.05) is 18.2 Å². The third-order valence-electron chi connectivity index (χ3n) is 4.18. The molecule has 114 valence electrons. The molecule has 2 aromatic rings. The van der Waals surface area contributed by atoms with Crippen LogP contribution in [0.1, 0.15) is 31.8 Å². The largest absolute Gasteiger partial charge is 0.273 e. The van der Waals surface area contributed by atoms with E-state index in [1.165, 1.54) is 28.2 Å². The van der Waals surface area contributed by atoms with Gasteiger partial charge in [0.15, 0.2) is 0 Å². The number of nitrogens with zero attached hydrogens (tertiary/aromatic N) is 3. The highest BCUT2D eigenvalue weighted by molar-refractivity contribution is 6.03. The number of benzene rings is 2. The van der Waals surface area contributed by atoms with Crippen molar-refractivity contribution in [1.29, 1.82) is 0 Å². The summed E-state index contributed by atoms with van der Waals surface area (Å²) < 4.78 is 0. The SMILES string of the molecule is O=C1c2ccccc2CN2C(=O)c3ccc([N+](=O)[O-])cc3CN12. The number of nitro groups is 1. The second-order valence-electron chi connectivity index (χ2n) is 5.48. The van der Waals surface area contributed by atoms with Crippen LogP contribution in [0.5, 0.6) is 0 Å². The highest BCUT2D eigenvalue weighted by atomic mass is 16.6. The molecule has 4 rings (SSSR count). The molecule has 7 nitrogen and oxygen atoms in total. The fourth-order valence-electron chi connectivity index (χ4n) is 3.03. The zero-order valence-corrected chi connectivity index (χ0v) is 11.9. The van der Waals surface area contributed by atoms with Crippen LogP contribution in [0.4, 0.5) is 5.69 Å². The van der Waals surface area contributed by atoms with Crippen LogP contribution in [0.15, 0.2) is 42.5 Å². The van der Waals surface area contributed by atoms with Crippen molar-refractivity contribution in [1.82, 2.24) is 10.0 Å². The Balaban J connectivity index is 1.80. The number of fused-ring (bicyclic) bond motifs is 3. The molecule has 2 aromatic carbocycles. The summed E-state index contributed by atoms with van der Waals surface area (Å²) in [6.07, 6.45) is 0. The fourth-order valence-corrected chi connectivity index (χ4v) is 3.03. The molecule has 0 aromatic heterocycles. The molecule has 0 unspecified atom stereocenters. The van der Waals surface area contributed by atoms with Crippen LogP contribution in [-0.2, 0) is 13.1 Å². The minimum atomic E-state index is -0.509. The van der Waals surface area contributed by atoms with E-state index in [0.29, 0.717) is 23.2 Å². The first-order valence-corrected chi connectivity index (χ1v) is 7.05. The Kier molecular flexibility index (Phi) is 2.71. The van der Waals surface area contributed by atoms with E-state index in [1.807, 2.05) is 12.1 Å². The van der Waals surface area contributed by atoms with Crippen molar-refractivity contribution in [3.63, 3.8) is 0 Å². The van der Waals surface area contributed by atoms with Gasteiger partial charge in [0.25, 0.3) is 17.5 Å². The van der Waals surface area contributed by atoms with Gasteiger partial charge < -0.3 is 0 Å². The predicted octanol–water partition coefficient (Wildman–Crippen LogP) is 2.12. The number of nitro benzene ring substituents is 1. The summed E-state index contributed by atoms with van der Waals surface area (Å²) in [4.78, 5) is 35.7. The summed E-state index contributed by atoms with van der Waals surface area (Å²) in [7, 11) is 0. The molecule has 2 amide bonds. The Labute approximate surface area is 130 Å². The Morgan fingerprint density at radius 3 is 2.17 bits per heavy atom. The minimum absolute atomic E-state index is 0.0881.